The van der Waals surface area contributed by atoms with Crippen LogP contribution in [0.2, 0.25) is 0 Å². The summed E-state index contributed by atoms with van der Waals surface area (Å²) in [6.07, 6.45) is 4.85. The van der Waals surface area contributed by atoms with Crippen molar-refractivity contribution >= 4 is 5.78 Å². The molecule has 3 N–H and O–H groups in total. The normalized spacial score (nSPS) is 52.4. The van der Waals surface area contributed by atoms with E-state index >= 15 is 0 Å². The van der Waals surface area contributed by atoms with Gasteiger partial charge in [0.05, 0.1) is 67.1 Å². The molecule has 1 spiro atoms. The van der Waals surface area contributed by atoms with Crippen molar-refractivity contribution in [1.29, 1.82) is 0 Å². The van der Waals surface area contributed by atoms with Gasteiger partial charge in [-0.05, 0) is 62.0 Å². The number of fused-ring (bicyclic) bond motifs is 6. The highest BCUT2D eigenvalue weighted by atomic mass is 16.8. The fourth-order valence-corrected chi connectivity index (χ4v) is 11.3. The first kappa shape index (κ1) is 36.4. The molecular weight excluding hydrogens is 670 g/mol. The molecule has 12 nitrogen and oxygen atoms in total. The molecule has 10 aliphatic rings. The first-order valence-electron chi connectivity index (χ1n) is 20.2. The SMILES string of the molecule is C=C1C[C@@H]2CC[C@@]34C[C@@H]5O[C@H]6[C@@H](O3)[C@H]3OC(CC[C@@H]3O[C@H]6C5O4)CC(=O)C[C@@H]3[C@@H](OC)[C@@H](C[C@H](O)CN)O[C@H]3CC3O[C@@H](CCC1O2)C[C@@H](C)C3=C. The van der Waals surface area contributed by atoms with Crippen molar-refractivity contribution in [2.45, 2.75) is 194 Å². The highest BCUT2D eigenvalue weighted by molar-refractivity contribution is 5.79. The minimum absolute atomic E-state index is 0.0158. The molecule has 0 amide bonds. The van der Waals surface area contributed by atoms with Gasteiger partial charge in [-0.25, -0.2) is 0 Å². The minimum Gasteiger partial charge on any atom is -0.392 e. The lowest BCUT2D eigenvalue weighted by molar-refractivity contribution is -0.292. The molecule has 52 heavy (non-hydrogen) atoms. The molecule has 10 fully saturated rings. The van der Waals surface area contributed by atoms with Gasteiger partial charge in [0.2, 0.25) is 0 Å². The number of aliphatic hydroxyl groups is 1. The molecule has 10 saturated heterocycles. The number of Topliss-reactive ketones (excluding diaryl/α,β-unsaturated/α-hetero) is 1. The molecule has 10 rings (SSSR count). The predicted molar refractivity (Wildman–Crippen MR) is 186 cm³/mol. The summed E-state index contributed by atoms with van der Waals surface area (Å²) in [7, 11) is 1.66. The number of hydrogen-bond donors (Lipinski definition) is 2. The van der Waals surface area contributed by atoms with E-state index in [0.717, 1.165) is 56.1 Å². The standard InChI is InChI=1S/C40H59NO11/c1-19-11-24-5-7-28-20(2)12-26(45-28)9-10-40-17-33-36(51-40)37-38(50-33)39(52-40)35-29(49-37)8-6-25(47-35)13-22(42)14-27-31(16-30(46-24)21(19)3)48-32(34(27)44-4)15-23(43)18-41/h19,23-39,43H,2-3,5-18,41H2,1,4H3/t19-,23+,24+,25?,26+,27+,28?,29+,30?,31+,32-,33+,34-,35+,36?,37+,38-,39+,40+/m1/s1. The lowest BCUT2D eigenvalue weighted by Crippen LogP contribution is -2.61. The lowest BCUT2D eigenvalue weighted by Gasteiger charge is -2.47. The van der Waals surface area contributed by atoms with Gasteiger partial charge in [-0.1, -0.05) is 20.1 Å². The summed E-state index contributed by atoms with van der Waals surface area (Å²) in [5, 5.41) is 10.5. The summed E-state index contributed by atoms with van der Waals surface area (Å²) in [4.78, 5) is 14.1. The highest BCUT2D eigenvalue weighted by Gasteiger charge is 2.68. The van der Waals surface area contributed by atoms with E-state index in [9.17, 15) is 9.90 Å². The number of carbonyl (C=O) groups is 1. The van der Waals surface area contributed by atoms with E-state index in [1.54, 1.807) is 7.11 Å². The first-order valence-corrected chi connectivity index (χ1v) is 20.2. The molecule has 12 bridgehead atoms. The number of nitrogens with two attached hydrogens (primary N) is 1. The lowest BCUT2D eigenvalue weighted by atomic mass is 9.81. The second-order valence-electron chi connectivity index (χ2n) is 17.4. The van der Waals surface area contributed by atoms with Crippen LogP contribution in [-0.4, -0.2) is 128 Å². The Morgan fingerprint density at radius 1 is 0.808 bits per heavy atom. The molecule has 10 aliphatic heterocycles. The van der Waals surface area contributed by atoms with Crippen LogP contribution in [-0.2, 0) is 47.4 Å². The molecule has 4 unspecified atom stereocenters. The maximum Gasteiger partial charge on any atom is 0.172 e. The van der Waals surface area contributed by atoms with E-state index < -0.39 is 18.0 Å². The number of hydrogen-bond acceptors (Lipinski definition) is 12. The number of ether oxygens (including phenoxy) is 9. The first-order chi connectivity index (χ1) is 25.1. The number of carbonyl (C=O) groups excluding carboxylic acids is 1. The van der Waals surface area contributed by atoms with E-state index in [4.69, 9.17) is 48.4 Å². The fourth-order valence-electron chi connectivity index (χ4n) is 11.3. The van der Waals surface area contributed by atoms with Crippen LogP contribution in [0.3, 0.4) is 0 Å². The van der Waals surface area contributed by atoms with Gasteiger partial charge in [0.25, 0.3) is 0 Å². The summed E-state index contributed by atoms with van der Waals surface area (Å²) in [5.41, 5.74) is 8.01. The van der Waals surface area contributed by atoms with E-state index in [0.29, 0.717) is 25.7 Å². The Morgan fingerprint density at radius 3 is 2.38 bits per heavy atom. The summed E-state index contributed by atoms with van der Waals surface area (Å²) >= 11 is 0. The van der Waals surface area contributed by atoms with Crippen molar-refractivity contribution in [3.05, 3.63) is 24.3 Å². The molecule has 0 saturated carbocycles. The van der Waals surface area contributed by atoms with E-state index in [1.165, 1.54) is 0 Å². The van der Waals surface area contributed by atoms with Gasteiger partial charge >= 0.3 is 0 Å². The number of rotatable bonds is 4. The number of aliphatic hydroxyl groups excluding tert-OH is 1. The van der Waals surface area contributed by atoms with Crippen LogP contribution in [0.15, 0.2) is 24.3 Å². The highest BCUT2D eigenvalue weighted by Crippen LogP contribution is 2.54. The third-order valence-electron chi connectivity index (χ3n) is 14.0. The molecule has 10 heterocycles. The smallest absolute Gasteiger partial charge is 0.172 e. The van der Waals surface area contributed by atoms with Crippen molar-refractivity contribution in [1.82, 2.24) is 0 Å². The summed E-state index contributed by atoms with van der Waals surface area (Å²) in [6.45, 7) is 11.3. The molecule has 0 aromatic rings. The van der Waals surface area contributed by atoms with E-state index in [-0.39, 0.29) is 122 Å². The second-order valence-corrected chi connectivity index (χ2v) is 17.4. The second kappa shape index (κ2) is 14.3. The number of ketones is 1. The maximum atomic E-state index is 14.1. The van der Waals surface area contributed by atoms with Crippen molar-refractivity contribution in [3.63, 3.8) is 0 Å². The molecule has 0 aromatic heterocycles. The fraction of sp³-hybridized carbons (Fsp3) is 0.875. The number of methoxy groups -OCH3 is 1. The van der Waals surface area contributed by atoms with Gasteiger partial charge in [-0.3, -0.25) is 4.79 Å². The maximum absolute atomic E-state index is 14.1. The molecule has 0 aromatic carbocycles. The molecular formula is C40H59NO11. The Labute approximate surface area is 307 Å². The average molecular weight is 730 g/mol. The quantitative estimate of drug-likeness (QED) is 0.409. The summed E-state index contributed by atoms with van der Waals surface area (Å²) in [5.74, 6) is -0.619. The Morgan fingerprint density at radius 2 is 1.56 bits per heavy atom. The predicted octanol–water partition coefficient (Wildman–Crippen LogP) is 3.44. The van der Waals surface area contributed by atoms with Crippen LogP contribution < -0.4 is 5.73 Å². The van der Waals surface area contributed by atoms with Crippen molar-refractivity contribution in [2.24, 2.45) is 17.6 Å². The van der Waals surface area contributed by atoms with Gasteiger partial charge in [0.15, 0.2) is 5.79 Å². The van der Waals surface area contributed by atoms with Crippen molar-refractivity contribution in [2.75, 3.05) is 13.7 Å². The van der Waals surface area contributed by atoms with E-state index in [2.05, 4.69) is 20.1 Å². The monoisotopic (exact) mass is 729 g/mol. The molecule has 0 aliphatic carbocycles. The van der Waals surface area contributed by atoms with Crippen LogP contribution in [0.25, 0.3) is 0 Å². The summed E-state index contributed by atoms with van der Waals surface area (Å²) in [6, 6.07) is 0. The summed E-state index contributed by atoms with van der Waals surface area (Å²) < 4.78 is 60.0. The third-order valence-corrected chi connectivity index (χ3v) is 14.0. The zero-order valence-electron chi connectivity index (χ0n) is 30.8. The third kappa shape index (κ3) is 6.59. The van der Waals surface area contributed by atoms with Crippen molar-refractivity contribution < 1.29 is 52.5 Å². The Hall–Kier alpha value is -1.29. The Bertz CT molecular complexity index is 1380. The molecule has 0 radical (unpaired) electrons. The van der Waals surface area contributed by atoms with Gasteiger partial charge in [-0.2, -0.15) is 0 Å². The van der Waals surface area contributed by atoms with Crippen LogP contribution in [0, 0.1) is 11.8 Å². The Kier molecular flexibility index (Phi) is 10.0. The van der Waals surface area contributed by atoms with E-state index in [1.807, 2.05) is 0 Å². The van der Waals surface area contributed by atoms with Gasteiger partial charge in [0, 0.05) is 58.1 Å². The van der Waals surface area contributed by atoms with Gasteiger partial charge in [-0.15, -0.1) is 0 Å². The largest absolute Gasteiger partial charge is 0.392 e. The Balaban J connectivity index is 0.994. The average Bonchev–Trinajstić information content (AvgIpc) is 3.79. The van der Waals surface area contributed by atoms with Crippen LogP contribution in [0.1, 0.15) is 90.4 Å². The zero-order chi connectivity index (χ0) is 35.9. The molecule has 290 valence electrons. The molecule has 19 atom stereocenters. The van der Waals surface area contributed by atoms with Crippen molar-refractivity contribution in [3.8, 4) is 0 Å². The van der Waals surface area contributed by atoms with Crippen LogP contribution >= 0.6 is 0 Å². The topological polar surface area (TPSA) is 146 Å². The van der Waals surface area contributed by atoms with Gasteiger partial charge < -0.3 is 53.5 Å². The van der Waals surface area contributed by atoms with Crippen LogP contribution in [0.4, 0.5) is 0 Å². The zero-order valence-corrected chi connectivity index (χ0v) is 30.8. The minimum atomic E-state index is -0.780. The van der Waals surface area contributed by atoms with Crippen LogP contribution in [0.5, 0.6) is 0 Å². The molecule has 12 heteroatoms. The van der Waals surface area contributed by atoms with Gasteiger partial charge in [0.1, 0.15) is 36.3 Å².